The molecule has 0 aliphatic carbocycles. The van der Waals surface area contributed by atoms with Crippen molar-refractivity contribution in [2.45, 2.75) is 33.1 Å². The van der Waals surface area contributed by atoms with Gasteiger partial charge in [0.05, 0.1) is 18.4 Å². The number of nitrogens with zero attached hydrogens (tertiary/aromatic N) is 1. The Bertz CT molecular complexity index is 1080. The molecule has 1 unspecified atom stereocenters. The minimum Gasteiger partial charge on any atom is -0.484 e. The average Bonchev–Trinajstić information content (AvgIpc) is 3.32. The Morgan fingerprint density at radius 2 is 1.76 bits per heavy atom. The van der Waals surface area contributed by atoms with E-state index in [0.717, 1.165) is 12.0 Å². The summed E-state index contributed by atoms with van der Waals surface area (Å²) in [6.45, 7) is 6.27. The number of hydrazone groups is 1. The number of nitrogens with one attached hydrogen (secondary N) is 1. The largest absolute Gasteiger partial charge is 0.484 e. The molecule has 0 saturated carbocycles. The summed E-state index contributed by atoms with van der Waals surface area (Å²) in [6.07, 6.45) is 2.48. The Labute approximate surface area is 193 Å². The van der Waals surface area contributed by atoms with Crippen LogP contribution in [0.3, 0.4) is 0 Å². The molecule has 172 valence electrons. The normalized spacial score (nSPS) is 11.8. The predicted octanol–water partition coefficient (Wildman–Crippen LogP) is 5.17. The molecule has 1 atom stereocenters. The van der Waals surface area contributed by atoms with E-state index in [1.54, 1.807) is 43.3 Å². The van der Waals surface area contributed by atoms with Gasteiger partial charge in [0.2, 0.25) is 0 Å². The van der Waals surface area contributed by atoms with Crippen LogP contribution in [0.1, 0.15) is 54.8 Å². The first kappa shape index (κ1) is 23.8. The molecule has 0 aliphatic heterocycles. The fourth-order valence-electron chi connectivity index (χ4n) is 3.04. The lowest BCUT2D eigenvalue weighted by Gasteiger charge is -2.10. The van der Waals surface area contributed by atoms with Crippen molar-refractivity contribution in [3.8, 4) is 17.1 Å². The van der Waals surface area contributed by atoms with Crippen LogP contribution in [0, 0.1) is 0 Å². The number of carbonyl (C=O) groups excluding carboxylic acids is 2. The van der Waals surface area contributed by atoms with Crippen molar-refractivity contribution in [2.75, 3.05) is 13.2 Å². The Hall–Kier alpha value is -3.87. The smallest absolute Gasteiger partial charge is 0.338 e. The highest BCUT2D eigenvalue weighted by atomic mass is 16.5. The Morgan fingerprint density at radius 3 is 2.42 bits per heavy atom. The van der Waals surface area contributed by atoms with E-state index in [-0.39, 0.29) is 18.5 Å². The predicted molar refractivity (Wildman–Crippen MR) is 126 cm³/mol. The van der Waals surface area contributed by atoms with Gasteiger partial charge in [0, 0.05) is 5.56 Å². The molecule has 1 N–H and O–H groups in total. The highest BCUT2D eigenvalue weighted by Gasteiger charge is 2.09. The Morgan fingerprint density at radius 1 is 1.03 bits per heavy atom. The highest BCUT2D eigenvalue weighted by molar-refractivity contribution is 5.90. The van der Waals surface area contributed by atoms with Gasteiger partial charge in [-0.1, -0.05) is 38.1 Å². The molecule has 3 rings (SSSR count). The highest BCUT2D eigenvalue weighted by Crippen LogP contribution is 2.23. The fourth-order valence-corrected chi connectivity index (χ4v) is 3.04. The lowest BCUT2D eigenvalue weighted by atomic mass is 9.99. The maximum absolute atomic E-state index is 12.0. The molecular weight excluding hydrogens is 420 g/mol. The number of esters is 1. The van der Waals surface area contributed by atoms with Crippen molar-refractivity contribution in [1.29, 1.82) is 0 Å². The molecule has 0 saturated heterocycles. The third kappa shape index (κ3) is 6.80. The average molecular weight is 449 g/mol. The van der Waals surface area contributed by atoms with Crippen LogP contribution in [0.5, 0.6) is 5.75 Å². The quantitative estimate of drug-likeness (QED) is 0.263. The lowest BCUT2D eigenvalue weighted by Crippen LogP contribution is -2.24. The minimum absolute atomic E-state index is 0.143. The van der Waals surface area contributed by atoms with E-state index < -0.39 is 0 Å². The van der Waals surface area contributed by atoms with Crippen LogP contribution in [0.15, 0.2) is 70.2 Å². The number of benzene rings is 2. The van der Waals surface area contributed by atoms with Crippen LogP contribution in [-0.4, -0.2) is 31.3 Å². The lowest BCUT2D eigenvalue weighted by molar-refractivity contribution is -0.123. The number of hydrogen-bond donors (Lipinski definition) is 1. The SMILES string of the molecule is CCOC(=O)c1ccc(-c2ccc(C=NNC(=O)COc3ccc(C(C)CC)cc3)o2)cc1. The van der Waals surface area contributed by atoms with Gasteiger partial charge in [-0.05, 0) is 61.2 Å². The topological polar surface area (TPSA) is 90.1 Å². The summed E-state index contributed by atoms with van der Waals surface area (Å²) in [5, 5.41) is 3.91. The van der Waals surface area contributed by atoms with Gasteiger partial charge in [-0.25, -0.2) is 10.2 Å². The molecule has 2 aromatic carbocycles. The summed E-state index contributed by atoms with van der Waals surface area (Å²) < 4.78 is 16.2. The van der Waals surface area contributed by atoms with Gasteiger partial charge in [-0.2, -0.15) is 5.10 Å². The van der Waals surface area contributed by atoms with Crippen LogP contribution in [0.25, 0.3) is 11.3 Å². The molecule has 33 heavy (non-hydrogen) atoms. The molecule has 3 aromatic rings. The molecule has 0 aliphatic rings. The molecule has 0 fully saturated rings. The van der Waals surface area contributed by atoms with Gasteiger partial charge < -0.3 is 13.9 Å². The molecule has 0 radical (unpaired) electrons. The van der Waals surface area contributed by atoms with Crippen molar-refractivity contribution < 1.29 is 23.5 Å². The van der Waals surface area contributed by atoms with Crippen LogP contribution >= 0.6 is 0 Å². The number of amides is 1. The first-order chi connectivity index (χ1) is 16.0. The summed E-state index contributed by atoms with van der Waals surface area (Å²) in [4.78, 5) is 23.7. The standard InChI is InChI=1S/C26H28N2O5/c1-4-18(3)19-10-12-22(13-11-19)32-17-25(29)28-27-16-23-14-15-24(33-23)20-6-8-21(9-7-20)26(30)31-5-2/h6-16,18H,4-5,17H2,1-3H3,(H,28,29). The maximum atomic E-state index is 12.0. The van der Waals surface area contributed by atoms with E-state index in [1.807, 2.05) is 24.3 Å². The number of hydrogen-bond acceptors (Lipinski definition) is 6. The summed E-state index contributed by atoms with van der Waals surface area (Å²) in [5.74, 6) is 1.47. The van der Waals surface area contributed by atoms with Gasteiger partial charge in [0.1, 0.15) is 17.3 Å². The van der Waals surface area contributed by atoms with Crippen LogP contribution < -0.4 is 10.2 Å². The summed E-state index contributed by atoms with van der Waals surface area (Å²) in [7, 11) is 0. The fraction of sp³-hybridized carbons (Fsp3) is 0.269. The number of carbonyl (C=O) groups is 2. The van der Waals surface area contributed by atoms with Crippen LogP contribution in [-0.2, 0) is 9.53 Å². The zero-order chi connectivity index (χ0) is 23.6. The van der Waals surface area contributed by atoms with E-state index in [9.17, 15) is 9.59 Å². The summed E-state index contributed by atoms with van der Waals surface area (Å²) >= 11 is 0. The van der Waals surface area contributed by atoms with Crippen molar-refractivity contribution in [3.05, 3.63) is 77.6 Å². The van der Waals surface area contributed by atoms with Gasteiger partial charge in [-0.15, -0.1) is 0 Å². The van der Waals surface area contributed by atoms with Crippen molar-refractivity contribution >= 4 is 18.1 Å². The maximum Gasteiger partial charge on any atom is 0.338 e. The molecule has 1 heterocycles. The van der Waals surface area contributed by atoms with Crippen molar-refractivity contribution in [1.82, 2.24) is 5.43 Å². The molecule has 1 aromatic heterocycles. The Balaban J connectivity index is 1.48. The Kier molecular flexibility index (Phi) is 8.41. The van der Waals surface area contributed by atoms with Gasteiger partial charge in [-0.3, -0.25) is 4.79 Å². The number of furan rings is 1. The summed E-state index contributed by atoms with van der Waals surface area (Å²) in [5.41, 5.74) is 4.94. The third-order valence-corrected chi connectivity index (χ3v) is 5.12. The zero-order valence-corrected chi connectivity index (χ0v) is 19.0. The second-order valence-corrected chi connectivity index (χ2v) is 7.46. The third-order valence-electron chi connectivity index (χ3n) is 5.12. The van der Waals surface area contributed by atoms with Gasteiger partial charge >= 0.3 is 5.97 Å². The molecule has 7 heteroatoms. The van der Waals surface area contributed by atoms with E-state index in [4.69, 9.17) is 13.9 Å². The van der Waals surface area contributed by atoms with Crippen molar-refractivity contribution in [2.24, 2.45) is 5.10 Å². The molecule has 0 bridgehead atoms. The molecule has 1 amide bonds. The molecular formula is C26H28N2O5. The second kappa shape index (κ2) is 11.7. The molecule has 0 spiro atoms. The van der Waals surface area contributed by atoms with Crippen LogP contribution in [0.2, 0.25) is 0 Å². The minimum atomic E-state index is -0.376. The van der Waals surface area contributed by atoms with Crippen molar-refractivity contribution in [3.63, 3.8) is 0 Å². The molecule has 7 nitrogen and oxygen atoms in total. The van der Waals surface area contributed by atoms with E-state index in [1.165, 1.54) is 11.8 Å². The zero-order valence-electron chi connectivity index (χ0n) is 19.0. The van der Waals surface area contributed by atoms with E-state index >= 15 is 0 Å². The number of rotatable bonds is 10. The monoisotopic (exact) mass is 448 g/mol. The van der Waals surface area contributed by atoms with E-state index in [2.05, 4.69) is 24.4 Å². The summed E-state index contributed by atoms with van der Waals surface area (Å²) in [6, 6.07) is 18.2. The van der Waals surface area contributed by atoms with E-state index in [0.29, 0.717) is 35.4 Å². The van der Waals surface area contributed by atoms with Crippen LogP contribution in [0.4, 0.5) is 0 Å². The van der Waals surface area contributed by atoms with Gasteiger partial charge in [0.15, 0.2) is 6.61 Å². The first-order valence-corrected chi connectivity index (χ1v) is 10.9. The second-order valence-electron chi connectivity index (χ2n) is 7.46. The first-order valence-electron chi connectivity index (χ1n) is 10.9. The number of ether oxygens (including phenoxy) is 2. The van der Waals surface area contributed by atoms with Gasteiger partial charge in [0.25, 0.3) is 5.91 Å².